The van der Waals surface area contributed by atoms with Crippen LogP contribution in [0.15, 0.2) is 74.2 Å². The number of hydrogen-bond acceptors (Lipinski definition) is 4. The van der Waals surface area contributed by atoms with Crippen LogP contribution in [-0.4, -0.2) is 26.4 Å². The van der Waals surface area contributed by atoms with Crippen molar-refractivity contribution >= 4 is 0 Å². The van der Waals surface area contributed by atoms with Crippen LogP contribution in [0.3, 0.4) is 0 Å². The average molecular weight is 368 g/mol. The Kier molecular flexibility index (Phi) is 7.80. The van der Waals surface area contributed by atoms with E-state index in [0.29, 0.717) is 26.4 Å². The van der Waals surface area contributed by atoms with Gasteiger partial charge in [-0.05, 0) is 35.4 Å². The van der Waals surface area contributed by atoms with Gasteiger partial charge in [0.2, 0.25) is 0 Å². The third-order valence-corrected chi connectivity index (χ3v) is 4.33. The van der Waals surface area contributed by atoms with Crippen LogP contribution in [0.25, 0.3) is 0 Å². The molecule has 0 unspecified atom stereocenters. The molecule has 144 valence electrons. The number of rotatable bonds is 12. The molecule has 2 aromatic rings. The monoisotopic (exact) mass is 368 g/mol. The van der Waals surface area contributed by atoms with Gasteiger partial charge in [0.25, 0.3) is 0 Å². The molecule has 4 nitrogen and oxygen atoms in total. The molecule has 0 aliphatic rings. The molecule has 0 heterocycles. The minimum Gasteiger partial charge on any atom is -0.498 e. The van der Waals surface area contributed by atoms with Crippen molar-refractivity contribution in [1.29, 1.82) is 0 Å². The van der Waals surface area contributed by atoms with E-state index in [4.69, 9.17) is 18.9 Å². The van der Waals surface area contributed by atoms with E-state index >= 15 is 0 Å². The molecule has 0 saturated heterocycles. The lowest BCUT2D eigenvalue weighted by molar-refractivity contribution is 0.179. The van der Waals surface area contributed by atoms with E-state index in [9.17, 15) is 0 Å². The van der Waals surface area contributed by atoms with Crippen molar-refractivity contribution in [1.82, 2.24) is 0 Å². The zero-order valence-corrected chi connectivity index (χ0v) is 16.1. The second-order valence-electron chi connectivity index (χ2n) is 6.45. The molecule has 0 aliphatic carbocycles. The lowest BCUT2D eigenvalue weighted by Gasteiger charge is -2.26. The first-order valence-electron chi connectivity index (χ1n) is 8.99. The zero-order valence-electron chi connectivity index (χ0n) is 16.1. The topological polar surface area (TPSA) is 36.9 Å². The lowest BCUT2D eigenvalue weighted by atomic mass is 9.78. The normalized spacial score (nSPS) is 10.7. The van der Waals surface area contributed by atoms with E-state index in [-0.39, 0.29) is 5.41 Å². The minimum absolute atomic E-state index is 0.130. The fourth-order valence-corrected chi connectivity index (χ4v) is 2.68. The van der Waals surface area contributed by atoms with Gasteiger partial charge in [0, 0.05) is 5.41 Å². The summed E-state index contributed by atoms with van der Waals surface area (Å²) in [6.07, 6.45) is 2.83. The maximum atomic E-state index is 5.65. The van der Waals surface area contributed by atoms with Crippen LogP contribution in [0, 0.1) is 0 Å². The van der Waals surface area contributed by atoms with E-state index in [2.05, 4.69) is 51.3 Å². The highest BCUT2D eigenvalue weighted by Crippen LogP contribution is 2.33. The largest absolute Gasteiger partial charge is 0.498 e. The Bertz CT molecular complexity index is 641. The van der Waals surface area contributed by atoms with Crippen LogP contribution in [0.1, 0.15) is 25.0 Å². The van der Waals surface area contributed by atoms with Gasteiger partial charge < -0.3 is 18.9 Å². The van der Waals surface area contributed by atoms with Crippen LogP contribution < -0.4 is 9.47 Å². The molecule has 0 saturated carbocycles. The first-order valence-corrected chi connectivity index (χ1v) is 8.99. The van der Waals surface area contributed by atoms with Crippen LogP contribution in [0.2, 0.25) is 0 Å². The predicted molar refractivity (Wildman–Crippen MR) is 108 cm³/mol. The van der Waals surface area contributed by atoms with Gasteiger partial charge in [-0.3, -0.25) is 0 Å². The van der Waals surface area contributed by atoms with E-state index in [0.717, 1.165) is 11.5 Å². The molecule has 0 aromatic heterocycles. The molecule has 0 fully saturated rings. The summed E-state index contributed by atoms with van der Waals surface area (Å²) in [6.45, 7) is 13.4. The summed E-state index contributed by atoms with van der Waals surface area (Å²) in [6, 6.07) is 16.3. The van der Waals surface area contributed by atoms with Crippen LogP contribution in [0.4, 0.5) is 0 Å². The zero-order chi connectivity index (χ0) is 19.5. The maximum absolute atomic E-state index is 5.65. The highest BCUT2D eigenvalue weighted by molar-refractivity contribution is 5.41. The standard InChI is InChI=1S/C23H28O4/c1-5-24-15-17-26-21-11-7-19(8-12-21)23(3,4)20-9-13-22(14-10-20)27-18-16-25-6-2/h5-14H,1-2,15-18H2,3-4H3. The van der Waals surface area contributed by atoms with Crippen LogP contribution >= 0.6 is 0 Å². The van der Waals surface area contributed by atoms with Gasteiger partial charge in [0.15, 0.2) is 0 Å². The second-order valence-corrected chi connectivity index (χ2v) is 6.45. The molecule has 27 heavy (non-hydrogen) atoms. The molecule has 0 aliphatic heterocycles. The van der Waals surface area contributed by atoms with Crippen molar-refractivity contribution in [2.24, 2.45) is 0 Å². The molecule has 0 amide bonds. The Morgan fingerprint density at radius 3 is 1.37 bits per heavy atom. The third kappa shape index (κ3) is 6.10. The first-order chi connectivity index (χ1) is 13.1. The van der Waals surface area contributed by atoms with Crippen molar-refractivity contribution in [3.05, 3.63) is 85.3 Å². The summed E-state index contributed by atoms with van der Waals surface area (Å²) in [5.41, 5.74) is 2.30. The summed E-state index contributed by atoms with van der Waals surface area (Å²) in [5.74, 6) is 1.65. The van der Waals surface area contributed by atoms with Crippen molar-refractivity contribution in [3.63, 3.8) is 0 Å². The molecular weight excluding hydrogens is 340 g/mol. The third-order valence-electron chi connectivity index (χ3n) is 4.33. The molecular formula is C23H28O4. The van der Waals surface area contributed by atoms with E-state index in [1.807, 2.05) is 24.3 Å². The molecule has 2 aromatic carbocycles. The van der Waals surface area contributed by atoms with Gasteiger partial charge in [0.05, 0.1) is 12.5 Å². The van der Waals surface area contributed by atoms with Crippen molar-refractivity contribution in [2.75, 3.05) is 26.4 Å². The fraction of sp³-hybridized carbons (Fsp3) is 0.304. The van der Waals surface area contributed by atoms with Gasteiger partial charge in [-0.1, -0.05) is 51.3 Å². The van der Waals surface area contributed by atoms with Crippen molar-refractivity contribution in [3.8, 4) is 11.5 Å². The molecule has 0 spiro atoms. The molecule has 4 heteroatoms. The Hall–Kier alpha value is -2.88. The molecule has 0 bridgehead atoms. The van der Waals surface area contributed by atoms with Gasteiger partial charge in [-0.2, -0.15) is 0 Å². The van der Waals surface area contributed by atoms with Crippen LogP contribution in [-0.2, 0) is 14.9 Å². The summed E-state index contributed by atoms with van der Waals surface area (Å²) in [7, 11) is 0. The number of ether oxygens (including phenoxy) is 4. The quantitative estimate of drug-likeness (QED) is 0.386. The van der Waals surface area contributed by atoms with Gasteiger partial charge in [-0.25, -0.2) is 0 Å². The van der Waals surface area contributed by atoms with Gasteiger partial charge in [-0.15, -0.1) is 0 Å². The highest BCUT2D eigenvalue weighted by Gasteiger charge is 2.23. The molecule has 2 rings (SSSR count). The van der Waals surface area contributed by atoms with Crippen LogP contribution in [0.5, 0.6) is 11.5 Å². The smallest absolute Gasteiger partial charge is 0.122 e. The Morgan fingerprint density at radius 1 is 0.667 bits per heavy atom. The summed E-state index contributed by atoms with van der Waals surface area (Å²) in [4.78, 5) is 0. The van der Waals surface area contributed by atoms with Gasteiger partial charge in [0.1, 0.15) is 37.9 Å². The van der Waals surface area contributed by atoms with Crippen molar-refractivity contribution in [2.45, 2.75) is 19.3 Å². The lowest BCUT2D eigenvalue weighted by Crippen LogP contribution is -2.18. The minimum atomic E-state index is -0.130. The Balaban J connectivity index is 1.97. The Morgan fingerprint density at radius 2 is 1.04 bits per heavy atom. The van der Waals surface area contributed by atoms with Gasteiger partial charge >= 0.3 is 0 Å². The first kappa shape index (κ1) is 20.4. The maximum Gasteiger partial charge on any atom is 0.122 e. The average Bonchev–Trinajstić information content (AvgIpc) is 2.69. The van der Waals surface area contributed by atoms with E-state index < -0.39 is 0 Å². The second kappa shape index (κ2) is 10.3. The molecule has 0 radical (unpaired) electrons. The Labute approximate surface area is 162 Å². The van der Waals surface area contributed by atoms with Crippen molar-refractivity contribution < 1.29 is 18.9 Å². The molecule has 0 N–H and O–H groups in total. The molecule has 0 atom stereocenters. The summed E-state index contributed by atoms with van der Waals surface area (Å²) < 4.78 is 21.4. The van der Waals surface area contributed by atoms with E-state index in [1.165, 1.54) is 23.7 Å². The fourth-order valence-electron chi connectivity index (χ4n) is 2.68. The summed E-state index contributed by atoms with van der Waals surface area (Å²) >= 11 is 0. The summed E-state index contributed by atoms with van der Waals surface area (Å²) in [5, 5.41) is 0. The number of hydrogen-bond donors (Lipinski definition) is 0. The predicted octanol–water partition coefficient (Wildman–Crippen LogP) is 5.09. The van der Waals surface area contributed by atoms with E-state index in [1.54, 1.807) is 0 Å². The SMILES string of the molecule is C=COCCOc1ccc(C(C)(C)c2ccc(OCCOC=C)cc2)cc1. The highest BCUT2D eigenvalue weighted by atomic mass is 16.5. The number of benzene rings is 2.